The Labute approximate surface area is 121 Å². The van der Waals surface area contributed by atoms with Crippen LogP contribution in [0.5, 0.6) is 5.75 Å². The molecule has 7 heteroatoms. The average molecular weight is 304 g/mol. The molecule has 0 unspecified atom stereocenters. The third kappa shape index (κ3) is 4.84. The first kappa shape index (κ1) is 17.1. The molecule has 21 heavy (non-hydrogen) atoms. The van der Waals surface area contributed by atoms with Gasteiger partial charge in [-0.15, -0.1) is 0 Å². The number of carbonyl (C=O) groups is 1. The lowest BCUT2D eigenvalue weighted by molar-refractivity contribution is -0.141. The molecule has 1 aromatic rings. The van der Waals surface area contributed by atoms with E-state index in [1.807, 2.05) is 0 Å². The molecule has 0 saturated heterocycles. The molecule has 0 saturated carbocycles. The fourth-order valence-corrected chi connectivity index (χ4v) is 1.98. The molecule has 0 atom stereocenters. The van der Waals surface area contributed by atoms with Gasteiger partial charge in [-0.25, -0.2) is 0 Å². The van der Waals surface area contributed by atoms with Crippen LogP contribution in [0.15, 0.2) is 18.2 Å². The molecule has 118 valence electrons. The standard InChI is InChI=1S/C14H19F3N2O2/c1-9(2)7-19(8-14(15,16)17)13(20)12-10(18)5-4-6-11(12)21-3/h4-6,9H,7-8,18H2,1-3H3. The fraction of sp³-hybridized carbons (Fsp3) is 0.500. The molecular formula is C14H19F3N2O2. The number of carbonyl (C=O) groups excluding carboxylic acids is 1. The van der Waals surface area contributed by atoms with Gasteiger partial charge in [-0.3, -0.25) is 4.79 Å². The van der Waals surface area contributed by atoms with E-state index in [4.69, 9.17) is 10.5 Å². The van der Waals surface area contributed by atoms with Crippen LogP contribution >= 0.6 is 0 Å². The Hall–Kier alpha value is -1.92. The van der Waals surface area contributed by atoms with Gasteiger partial charge >= 0.3 is 6.18 Å². The zero-order chi connectivity index (χ0) is 16.2. The van der Waals surface area contributed by atoms with E-state index in [1.54, 1.807) is 19.9 Å². The number of ether oxygens (including phenoxy) is 1. The van der Waals surface area contributed by atoms with Crippen LogP contribution in [0.4, 0.5) is 18.9 Å². The molecule has 2 N–H and O–H groups in total. The van der Waals surface area contributed by atoms with Crippen molar-refractivity contribution in [1.82, 2.24) is 4.90 Å². The zero-order valence-electron chi connectivity index (χ0n) is 12.2. The molecule has 0 aliphatic carbocycles. The van der Waals surface area contributed by atoms with Gasteiger partial charge in [0.15, 0.2) is 0 Å². The van der Waals surface area contributed by atoms with Gasteiger partial charge in [0.2, 0.25) is 0 Å². The van der Waals surface area contributed by atoms with Crippen LogP contribution in [-0.2, 0) is 0 Å². The summed E-state index contributed by atoms with van der Waals surface area (Å²) in [5, 5.41) is 0. The van der Waals surface area contributed by atoms with Gasteiger partial charge in [-0.2, -0.15) is 13.2 Å². The number of methoxy groups -OCH3 is 1. The van der Waals surface area contributed by atoms with E-state index in [1.165, 1.54) is 19.2 Å². The first-order valence-corrected chi connectivity index (χ1v) is 6.44. The van der Waals surface area contributed by atoms with Crippen molar-refractivity contribution in [2.75, 3.05) is 25.9 Å². The second kappa shape index (κ2) is 6.69. The number of benzene rings is 1. The Morgan fingerprint density at radius 3 is 2.48 bits per heavy atom. The molecule has 0 aromatic heterocycles. The van der Waals surface area contributed by atoms with E-state index in [-0.39, 0.29) is 29.5 Å². The van der Waals surface area contributed by atoms with E-state index in [0.717, 1.165) is 4.90 Å². The number of halogens is 3. The highest BCUT2D eigenvalue weighted by molar-refractivity contribution is 6.01. The Morgan fingerprint density at radius 2 is 2.00 bits per heavy atom. The molecule has 0 fully saturated rings. The van der Waals surface area contributed by atoms with Gasteiger partial charge in [0.25, 0.3) is 5.91 Å². The lowest BCUT2D eigenvalue weighted by Crippen LogP contribution is -2.41. The van der Waals surface area contributed by atoms with Crippen molar-refractivity contribution in [1.29, 1.82) is 0 Å². The number of nitrogens with two attached hydrogens (primary N) is 1. The van der Waals surface area contributed by atoms with Gasteiger partial charge in [-0.05, 0) is 18.1 Å². The van der Waals surface area contributed by atoms with Crippen LogP contribution in [-0.4, -0.2) is 37.2 Å². The third-order valence-electron chi connectivity index (χ3n) is 2.74. The number of alkyl halides is 3. The molecular weight excluding hydrogens is 285 g/mol. The van der Waals surface area contributed by atoms with Crippen molar-refractivity contribution in [3.63, 3.8) is 0 Å². The minimum Gasteiger partial charge on any atom is -0.496 e. The lowest BCUT2D eigenvalue weighted by Gasteiger charge is -2.26. The fourth-order valence-electron chi connectivity index (χ4n) is 1.98. The maximum absolute atomic E-state index is 12.7. The van der Waals surface area contributed by atoms with Crippen molar-refractivity contribution in [2.45, 2.75) is 20.0 Å². The molecule has 1 amide bonds. The second-order valence-corrected chi connectivity index (χ2v) is 5.12. The topological polar surface area (TPSA) is 55.6 Å². The van der Waals surface area contributed by atoms with Crippen LogP contribution in [0.25, 0.3) is 0 Å². The predicted octanol–water partition coefficient (Wildman–Crippen LogP) is 2.94. The Bertz CT molecular complexity index is 501. The van der Waals surface area contributed by atoms with Gasteiger partial charge in [0, 0.05) is 12.2 Å². The van der Waals surface area contributed by atoms with E-state index in [2.05, 4.69) is 0 Å². The van der Waals surface area contributed by atoms with Crippen LogP contribution < -0.4 is 10.5 Å². The largest absolute Gasteiger partial charge is 0.496 e. The second-order valence-electron chi connectivity index (χ2n) is 5.12. The molecule has 0 aliphatic heterocycles. The maximum atomic E-state index is 12.7. The molecule has 0 aliphatic rings. The summed E-state index contributed by atoms with van der Waals surface area (Å²) in [5.74, 6) is -0.723. The Kier molecular flexibility index (Phi) is 5.46. The molecule has 0 radical (unpaired) electrons. The number of rotatable bonds is 5. The smallest absolute Gasteiger partial charge is 0.406 e. The molecule has 0 heterocycles. The van der Waals surface area contributed by atoms with Gasteiger partial charge in [0.05, 0.1) is 7.11 Å². The van der Waals surface area contributed by atoms with Gasteiger partial charge < -0.3 is 15.4 Å². The molecule has 4 nitrogen and oxygen atoms in total. The van der Waals surface area contributed by atoms with E-state index in [0.29, 0.717) is 0 Å². The normalized spacial score (nSPS) is 11.6. The summed E-state index contributed by atoms with van der Waals surface area (Å²) in [5.41, 5.74) is 5.78. The van der Waals surface area contributed by atoms with E-state index < -0.39 is 18.6 Å². The lowest BCUT2D eigenvalue weighted by atomic mass is 10.1. The summed E-state index contributed by atoms with van der Waals surface area (Å²) in [6, 6.07) is 4.52. The number of hydrogen-bond acceptors (Lipinski definition) is 3. The molecule has 1 aromatic carbocycles. The van der Waals surface area contributed by atoms with Crippen molar-refractivity contribution in [3.8, 4) is 5.75 Å². The maximum Gasteiger partial charge on any atom is 0.406 e. The number of amides is 1. The molecule has 0 bridgehead atoms. The summed E-state index contributed by atoms with van der Waals surface area (Å²) < 4.78 is 43.0. The monoisotopic (exact) mass is 304 g/mol. The molecule has 1 rings (SSSR count). The van der Waals surface area contributed by atoms with Crippen LogP contribution in [0.2, 0.25) is 0 Å². The van der Waals surface area contributed by atoms with Crippen molar-refractivity contribution < 1.29 is 22.7 Å². The van der Waals surface area contributed by atoms with E-state index >= 15 is 0 Å². The number of nitrogen functional groups attached to an aromatic ring is 1. The number of nitrogens with zero attached hydrogens (tertiary/aromatic N) is 1. The first-order valence-electron chi connectivity index (χ1n) is 6.44. The van der Waals surface area contributed by atoms with E-state index in [9.17, 15) is 18.0 Å². The Morgan fingerprint density at radius 1 is 1.38 bits per heavy atom. The summed E-state index contributed by atoms with van der Waals surface area (Å²) in [7, 11) is 1.34. The Balaban J connectivity index is 3.16. The van der Waals surface area contributed by atoms with Crippen LogP contribution in [0, 0.1) is 5.92 Å². The summed E-state index contributed by atoms with van der Waals surface area (Å²) in [4.78, 5) is 13.2. The zero-order valence-corrected chi connectivity index (χ0v) is 12.2. The number of anilines is 1. The highest BCUT2D eigenvalue weighted by Gasteiger charge is 2.34. The predicted molar refractivity (Wildman–Crippen MR) is 74.2 cm³/mol. The van der Waals surface area contributed by atoms with Crippen LogP contribution in [0.3, 0.4) is 0 Å². The summed E-state index contributed by atoms with van der Waals surface area (Å²) >= 11 is 0. The molecule has 0 spiro atoms. The minimum atomic E-state index is -4.47. The first-order chi connectivity index (χ1) is 9.65. The summed E-state index contributed by atoms with van der Waals surface area (Å²) in [6.07, 6.45) is -4.47. The third-order valence-corrected chi connectivity index (χ3v) is 2.74. The summed E-state index contributed by atoms with van der Waals surface area (Å²) in [6.45, 7) is 2.14. The van der Waals surface area contributed by atoms with Crippen LogP contribution in [0.1, 0.15) is 24.2 Å². The highest BCUT2D eigenvalue weighted by Crippen LogP contribution is 2.27. The quantitative estimate of drug-likeness (QED) is 0.851. The van der Waals surface area contributed by atoms with Gasteiger partial charge in [-0.1, -0.05) is 19.9 Å². The van der Waals surface area contributed by atoms with Crippen molar-refractivity contribution in [3.05, 3.63) is 23.8 Å². The average Bonchev–Trinajstić information content (AvgIpc) is 2.34. The van der Waals surface area contributed by atoms with Crippen molar-refractivity contribution >= 4 is 11.6 Å². The SMILES string of the molecule is COc1cccc(N)c1C(=O)N(CC(C)C)CC(F)(F)F. The van der Waals surface area contributed by atoms with Crippen molar-refractivity contribution in [2.24, 2.45) is 5.92 Å². The van der Waals surface area contributed by atoms with Gasteiger partial charge in [0.1, 0.15) is 17.9 Å². The minimum absolute atomic E-state index is 0.0180. The highest BCUT2D eigenvalue weighted by atomic mass is 19.4. The number of hydrogen-bond donors (Lipinski definition) is 1.